The number of aromatic hydroxyl groups is 2. The fraction of sp³-hybridized carbons (Fsp3) is 0.217. The Bertz CT molecular complexity index is 1250. The van der Waals surface area contributed by atoms with Gasteiger partial charge >= 0.3 is 0 Å². The number of carbonyl (C=O) groups excluding carboxylic acids is 1. The largest absolute Gasteiger partial charge is 0.503 e. The molecular formula is C23H22N4O3. The van der Waals surface area contributed by atoms with Gasteiger partial charge in [0.15, 0.2) is 11.5 Å². The van der Waals surface area contributed by atoms with Crippen molar-refractivity contribution in [3.05, 3.63) is 54.4 Å². The highest BCUT2D eigenvalue weighted by Crippen LogP contribution is 2.43. The molecule has 1 aliphatic heterocycles. The number of rotatable bonds is 4. The molecule has 1 fully saturated rings. The van der Waals surface area contributed by atoms with Gasteiger partial charge in [0.05, 0.1) is 34.3 Å². The highest BCUT2D eigenvalue weighted by molar-refractivity contribution is 6.04. The van der Waals surface area contributed by atoms with Crippen molar-refractivity contribution in [1.29, 1.82) is 0 Å². The standard InChI is InChI=1S/C23H22N4O3/c1-14(28)20-21(15-4-6-16(7-5-15)26-10-2-3-11-26)27(23(30)22(20)29)17-8-9-18-19(12-17)25-13-24-18/h4-9,12-13,29-30H,2-3,10-11H2,1H3,(H,24,25). The molecule has 0 amide bonds. The molecule has 0 aliphatic carbocycles. The first kappa shape index (κ1) is 18.3. The van der Waals surface area contributed by atoms with Crippen molar-refractivity contribution in [3.8, 4) is 28.6 Å². The van der Waals surface area contributed by atoms with Gasteiger partial charge in [-0.2, -0.15) is 0 Å². The van der Waals surface area contributed by atoms with Crippen molar-refractivity contribution in [2.24, 2.45) is 0 Å². The summed E-state index contributed by atoms with van der Waals surface area (Å²) in [5.74, 6) is -1.09. The smallest absolute Gasteiger partial charge is 0.240 e. The Morgan fingerprint density at radius 3 is 2.43 bits per heavy atom. The molecule has 7 heteroatoms. The van der Waals surface area contributed by atoms with Crippen LogP contribution < -0.4 is 4.90 Å². The lowest BCUT2D eigenvalue weighted by Gasteiger charge is -2.18. The van der Waals surface area contributed by atoms with Crippen LogP contribution in [-0.2, 0) is 0 Å². The molecule has 2 aromatic heterocycles. The molecule has 0 bridgehead atoms. The summed E-state index contributed by atoms with van der Waals surface area (Å²) in [4.78, 5) is 22.0. The van der Waals surface area contributed by atoms with Gasteiger partial charge in [0.1, 0.15) is 0 Å². The topological polar surface area (TPSA) is 94.4 Å². The number of fused-ring (bicyclic) bond motifs is 1. The Kier molecular flexibility index (Phi) is 4.24. The molecule has 0 unspecified atom stereocenters. The van der Waals surface area contributed by atoms with E-state index < -0.39 is 5.75 Å². The lowest BCUT2D eigenvalue weighted by atomic mass is 10.0. The Morgan fingerprint density at radius 2 is 1.73 bits per heavy atom. The van der Waals surface area contributed by atoms with E-state index in [1.165, 1.54) is 24.3 Å². The first-order valence-electron chi connectivity index (χ1n) is 10.0. The van der Waals surface area contributed by atoms with E-state index in [0.717, 1.165) is 35.4 Å². The van der Waals surface area contributed by atoms with E-state index in [2.05, 4.69) is 14.9 Å². The number of benzene rings is 2. The Hall–Kier alpha value is -3.74. The van der Waals surface area contributed by atoms with Crippen molar-refractivity contribution < 1.29 is 15.0 Å². The molecule has 3 heterocycles. The number of imidazole rings is 1. The van der Waals surface area contributed by atoms with Crippen LogP contribution in [0.25, 0.3) is 28.0 Å². The normalized spacial score (nSPS) is 14.0. The molecular weight excluding hydrogens is 380 g/mol. The summed E-state index contributed by atoms with van der Waals surface area (Å²) >= 11 is 0. The van der Waals surface area contributed by atoms with Gasteiger partial charge in [-0.05, 0) is 55.7 Å². The monoisotopic (exact) mass is 402 g/mol. The van der Waals surface area contributed by atoms with Crippen molar-refractivity contribution in [1.82, 2.24) is 14.5 Å². The van der Waals surface area contributed by atoms with Gasteiger partial charge in [-0.25, -0.2) is 4.98 Å². The summed E-state index contributed by atoms with van der Waals surface area (Å²) < 4.78 is 1.51. The molecule has 0 spiro atoms. The number of H-pyrrole nitrogens is 1. The van der Waals surface area contributed by atoms with Crippen LogP contribution in [0.2, 0.25) is 0 Å². The average molecular weight is 402 g/mol. The van der Waals surface area contributed by atoms with Crippen LogP contribution >= 0.6 is 0 Å². The second kappa shape index (κ2) is 6.95. The molecule has 1 aliphatic rings. The predicted molar refractivity (Wildman–Crippen MR) is 116 cm³/mol. The lowest BCUT2D eigenvalue weighted by Crippen LogP contribution is -2.17. The Morgan fingerprint density at radius 1 is 1.03 bits per heavy atom. The molecule has 5 rings (SSSR count). The van der Waals surface area contributed by atoms with Gasteiger partial charge in [-0.3, -0.25) is 9.36 Å². The van der Waals surface area contributed by atoms with Crippen LogP contribution in [0.4, 0.5) is 5.69 Å². The number of carbonyl (C=O) groups is 1. The van der Waals surface area contributed by atoms with E-state index in [0.29, 0.717) is 11.4 Å². The molecule has 7 nitrogen and oxygen atoms in total. The van der Waals surface area contributed by atoms with E-state index in [1.807, 2.05) is 36.4 Å². The van der Waals surface area contributed by atoms with Crippen LogP contribution in [0.15, 0.2) is 48.8 Å². The molecule has 0 saturated carbocycles. The number of Topliss-reactive ketones (excluding diaryl/α,β-unsaturated/α-hetero) is 1. The molecule has 3 N–H and O–H groups in total. The second-order valence-corrected chi connectivity index (χ2v) is 7.63. The summed E-state index contributed by atoms with van der Waals surface area (Å²) in [6.07, 6.45) is 3.98. The van der Waals surface area contributed by atoms with Crippen LogP contribution in [0.5, 0.6) is 11.6 Å². The van der Waals surface area contributed by atoms with Gasteiger partial charge < -0.3 is 20.1 Å². The number of nitrogens with zero attached hydrogens (tertiary/aromatic N) is 3. The molecule has 1 saturated heterocycles. The number of anilines is 1. The maximum atomic E-state index is 12.4. The first-order valence-corrected chi connectivity index (χ1v) is 10.0. The summed E-state index contributed by atoms with van der Waals surface area (Å²) in [6.45, 7) is 3.47. The molecule has 4 aromatic rings. The SMILES string of the molecule is CC(=O)c1c(O)c(O)n(-c2ccc3nc[nH]c3c2)c1-c1ccc(N2CCCC2)cc1. The summed E-state index contributed by atoms with van der Waals surface area (Å²) in [7, 11) is 0. The van der Waals surface area contributed by atoms with E-state index in [-0.39, 0.29) is 17.2 Å². The minimum Gasteiger partial charge on any atom is -0.503 e. The zero-order chi connectivity index (χ0) is 20.8. The number of ketones is 1. The van der Waals surface area contributed by atoms with Crippen molar-refractivity contribution in [2.45, 2.75) is 19.8 Å². The number of aromatic nitrogens is 3. The summed E-state index contributed by atoms with van der Waals surface area (Å²) in [5, 5.41) is 21.3. The lowest BCUT2D eigenvalue weighted by molar-refractivity contribution is 0.101. The quantitative estimate of drug-likeness (QED) is 0.444. The third kappa shape index (κ3) is 2.82. The maximum Gasteiger partial charge on any atom is 0.240 e. The van der Waals surface area contributed by atoms with Crippen molar-refractivity contribution in [3.63, 3.8) is 0 Å². The Balaban J connectivity index is 1.69. The second-order valence-electron chi connectivity index (χ2n) is 7.63. The van der Waals surface area contributed by atoms with Crippen molar-refractivity contribution in [2.75, 3.05) is 18.0 Å². The minimum atomic E-state index is -0.411. The van der Waals surface area contributed by atoms with Gasteiger partial charge in [-0.1, -0.05) is 12.1 Å². The fourth-order valence-corrected chi connectivity index (χ4v) is 4.27. The highest BCUT2D eigenvalue weighted by Gasteiger charge is 2.27. The molecule has 0 radical (unpaired) electrons. The van der Waals surface area contributed by atoms with E-state index in [9.17, 15) is 15.0 Å². The number of hydrogen-bond acceptors (Lipinski definition) is 5. The van der Waals surface area contributed by atoms with Gasteiger partial charge in [-0.15, -0.1) is 0 Å². The molecule has 2 aromatic carbocycles. The highest BCUT2D eigenvalue weighted by atomic mass is 16.3. The minimum absolute atomic E-state index is 0.103. The maximum absolute atomic E-state index is 12.4. The zero-order valence-electron chi connectivity index (χ0n) is 16.6. The van der Waals surface area contributed by atoms with Crippen LogP contribution in [0, 0.1) is 0 Å². The van der Waals surface area contributed by atoms with E-state index in [4.69, 9.17) is 0 Å². The third-order valence-electron chi connectivity index (χ3n) is 5.75. The Labute approximate surface area is 173 Å². The van der Waals surface area contributed by atoms with E-state index >= 15 is 0 Å². The summed E-state index contributed by atoms with van der Waals surface area (Å²) in [5.41, 5.74) is 4.63. The van der Waals surface area contributed by atoms with Crippen LogP contribution in [-0.4, -0.2) is 43.6 Å². The molecule has 152 valence electrons. The van der Waals surface area contributed by atoms with Crippen LogP contribution in [0.3, 0.4) is 0 Å². The predicted octanol–water partition coefficient (Wildman–Crippen LogP) is 4.23. The van der Waals surface area contributed by atoms with Gasteiger partial charge in [0.25, 0.3) is 0 Å². The fourth-order valence-electron chi connectivity index (χ4n) is 4.27. The van der Waals surface area contributed by atoms with Crippen molar-refractivity contribution >= 4 is 22.5 Å². The first-order chi connectivity index (χ1) is 14.5. The number of nitrogens with one attached hydrogen (secondary N) is 1. The number of hydrogen-bond donors (Lipinski definition) is 3. The number of aromatic amines is 1. The van der Waals surface area contributed by atoms with Crippen LogP contribution in [0.1, 0.15) is 30.1 Å². The van der Waals surface area contributed by atoms with Gasteiger partial charge in [0.2, 0.25) is 5.88 Å². The van der Waals surface area contributed by atoms with E-state index in [1.54, 1.807) is 12.4 Å². The zero-order valence-corrected chi connectivity index (χ0v) is 16.6. The molecule has 0 atom stereocenters. The summed E-state index contributed by atoms with van der Waals surface area (Å²) in [6, 6.07) is 13.4. The van der Waals surface area contributed by atoms with Gasteiger partial charge in [0, 0.05) is 18.8 Å². The molecule has 30 heavy (non-hydrogen) atoms. The average Bonchev–Trinajstić information content (AvgIpc) is 3.48. The third-order valence-corrected chi connectivity index (χ3v) is 5.75.